The number of anilines is 1. The van der Waals surface area contributed by atoms with Crippen molar-refractivity contribution >= 4 is 21.8 Å². The molecule has 0 aliphatic carbocycles. The Labute approximate surface area is 132 Å². The van der Waals surface area contributed by atoms with E-state index in [1.165, 1.54) is 23.2 Å². The number of amides is 1. The van der Waals surface area contributed by atoms with Crippen LogP contribution in [0.4, 0.5) is 10.5 Å². The second-order valence-corrected chi connectivity index (χ2v) is 6.77. The molecule has 9 heteroatoms. The van der Waals surface area contributed by atoms with Gasteiger partial charge < -0.3 is 9.72 Å². The Hall–Kier alpha value is -2.55. The highest BCUT2D eigenvalue weighted by Crippen LogP contribution is 2.31. The average molecular weight is 337 g/mol. The van der Waals surface area contributed by atoms with E-state index in [2.05, 4.69) is 4.98 Å². The van der Waals surface area contributed by atoms with Crippen molar-refractivity contribution in [1.29, 1.82) is 0 Å². The zero-order valence-corrected chi connectivity index (χ0v) is 13.2. The van der Waals surface area contributed by atoms with Gasteiger partial charge in [-0.25, -0.2) is 18.0 Å². The van der Waals surface area contributed by atoms with Gasteiger partial charge in [-0.1, -0.05) is 0 Å². The van der Waals surface area contributed by atoms with Crippen LogP contribution in [0.5, 0.6) is 0 Å². The third-order valence-corrected chi connectivity index (χ3v) is 5.26. The standard InChI is InChI=1S/C14H15N3O5S/c1-2-22-14(19)16-7-5-10-9-11(3-4-12(10)16)23(20,21)17-8-6-15-13(17)18/h3-4,6,8-9H,2,5,7H2,1H3,(H,15,18). The summed E-state index contributed by atoms with van der Waals surface area (Å²) in [6.45, 7) is 2.43. The number of aromatic nitrogens is 2. The molecule has 0 bridgehead atoms. The summed E-state index contributed by atoms with van der Waals surface area (Å²) < 4.78 is 30.6. The number of nitrogens with zero attached hydrogens (tertiary/aromatic N) is 2. The molecule has 2 heterocycles. The summed E-state index contributed by atoms with van der Waals surface area (Å²) in [7, 11) is -3.96. The van der Waals surface area contributed by atoms with Gasteiger partial charge in [-0.3, -0.25) is 4.90 Å². The molecule has 1 aliphatic heterocycles. The second kappa shape index (κ2) is 5.58. The van der Waals surface area contributed by atoms with Gasteiger partial charge in [-0.2, -0.15) is 3.97 Å². The van der Waals surface area contributed by atoms with Crippen LogP contribution in [-0.4, -0.2) is 36.6 Å². The number of H-pyrrole nitrogens is 1. The predicted molar refractivity (Wildman–Crippen MR) is 82.2 cm³/mol. The van der Waals surface area contributed by atoms with E-state index in [1.54, 1.807) is 13.0 Å². The van der Waals surface area contributed by atoms with Gasteiger partial charge in [0.2, 0.25) is 0 Å². The highest BCUT2D eigenvalue weighted by molar-refractivity contribution is 7.90. The number of nitrogens with one attached hydrogen (secondary N) is 1. The highest BCUT2D eigenvalue weighted by Gasteiger charge is 2.28. The van der Waals surface area contributed by atoms with Crippen LogP contribution in [0.1, 0.15) is 12.5 Å². The van der Waals surface area contributed by atoms with Crippen molar-refractivity contribution in [1.82, 2.24) is 8.96 Å². The summed E-state index contributed by atoms with van der Waals surface area (Å²) in [5, 5.41) is 0. The van der Waals surface area contributed by atoms with Gasteiger partial charge in [0.1, 0.15) is 0 Å². The van der Waals surface area contributed by atoms with Crippen LogP contribution in [-0.2, 0) is 21.2 Å². The minimum atomic E-state index is -3.96. The molecule has 1 aromatic carbocycles. The molecule has 3 rings (SSSR count). The maximum absolute atomic E-state index is 12.5. The molecular formula is C14H15N3O5S. The van der Waals surface area contributed by atoms with E-state index in [0.29, 0.717) is 22.6 Å². The van der Waals surface area contributed by atoms with Crippen molar-refractivity contribution < 1.29 is 17.9 Å². The van der Waals surface area contributed by atoms with E-state index >= 15 is 0 Å². The third-order valence-electron chi connectivity index (χ3n) is 3.61. The number of ether oxygens (including phenoxy) is 1. The summed E-state index contributed by atoms with van der Waals surface area (Å²) in [6, 6.07) is 4.43. The van der Waals surface area contributed by atoms with Crippen LogP contribution in [0.2, 0.25) is 0 Å². The topological polar surface area (TPSA) is 101 Å². The van der Waals surface area contributed by atoms with Crippen molar-refractivity contribution in [3.8, 4) is 0 Å². The number of fused-ring (bicyclic) bond motifs is 1. The van der Waals surface area contributed by atoms with E-state index in [9.17, 15) is 18.0 Å². The van der Waals surface area contributed by atoms with Gasteiger partial charge in [-0.05, 0) is 37.1 Å². The van der Waals surface area contributed by atoms with Crippen molar-refractivity contribution in [3.05, 3.63) is 46.6 Å². The van der Waals surface area contributed by atoms with E-state index in [0.717, 1.165) is 11.8 Å². The lowest BCUT2D eigenvalue weighted by molar-refractivity contribution is 0.160. The Balaban J connectivity index is 1.99. The number of hydrogen-bond acceptors (Lipinski definition) is 5. The Kier molecular flexibility index (Phi) is 3.72. The van der Waals surface area contributed by atoms with Crippen LogP contribution in [0.25, 0.3) is 0 Å². The molecule has 0 fully saturated rings. The largest absolute Gasteiger partial charge is 0.449 e. The first-order chi connectivity index (χ1) is 10.9. The molecule has 122 valence electrons. The summed E-state index contributed by atoms with van der Waals surface area (Å²) in [5.41, 5.74) is 0.630. The monoisotopic (exact) mass is 337 g/mol. The smallest absolute Gasteiger partial charge is 0.414 e. The number of rotatable bonds is 3. The van der Waals surface area contributed by atoms with Crippen molar-refractivity contribution in [3.63, 3.8) is 0 Å². The molecule has 0 spiro atoms. The fraction of sp³-hybridized carbons (Fsp3) is 0.286. The molecule has 0 saturated carbocycles. The molecular weight excluding hydrogens is 322 g/mol. The normalized spacial score (nSPS) is 13.9. The lowest BCUT2D eigenvalue weighted by Gasteiger charge is -2.16. The second-order valence-electron chi connectivity index (χ2n) is 4.96. The molecule has 2 aromatic rings. The van der Waals surface area contributed by atoms with Gasteiger partial charge in [0.25, 0.3) is 10.0 Å². The molecule has 8 nitrogen and oxygen atoms in total. The molecule has 1 amide bonds. The predicted octanol–water partition coefficient (Wildman–Crippen LogP) is 0.932. The SMILES string of the molecule is CCOC(=O)N1CCc2cc(S(=O)(=O)n3cc[nH]c3=O)ccc21. The number of hydrogen-bond donors (Lipinski definition) is 1. The quantitative estimate of drug-likeness (QED) is 0.898. The van der Waals surface area contributed by atoms with Crippen LogP contribution in [0.15, 0.2) is 40.3 Å². The van der Waals surface area contributed by atoms with Crippen molar-refractivity contribution in [2.45, 2.75) is 18.2 Å². The fourth-order valence-corrected chi connectivity index (χ4v) is 3.79. The minimum absolute atomic E-state index is 0.00339. The number of carbonyl (C=O) groups is 1. The van der Waals surface area contributed by atoms with Crippen LogP contribution >= 0.6 is 0 Å². The lowest BCUT2D eigenvalue weighted by Crippen LogP contribution is -2.29. The van der Waals surface area contributed by atoms with E-state index in [1.807, 2.05) is 0 Å². The van der Waals surface area contributed by atoms with Gasteiger partial charge in [-0.15, -0.1) is 0 Å². The molecule has 0 saturated heterocycles. The van der Waals surface area contributed by atoms with Crippen LogP contribution in [0, 0.1) is 0 Å². The van der Waals surface area contributed by atoms with E-state index < -0.39 is 21.8 Å². The zero-order valence-electron chi connectivity index (χ0n) is 12.4. The van der Waals surface area contributed by atoms with Gasteiger partial charge in [0.05, 0.1) is 17.2 Å². The van der Waals surface area contributed by atoms with Crippen molar-refractivity contribution in [2.24, 2.45) is 0 Å². The number of aromatic amines is 1. The Morgan fingerprint density at radius 1 is 1.39 bits per heavy atom. The molecule has 1 aliphatic rings. The van der Waals surface area contributed by atoms with Crippen molar-refractivity contribution in [2.75, 3.05) is 18.1 Å². The summed E-state index contributed by atoms with van der Waals surface area (Å²) in [4.78, 5) is 27.2. The summed E-state index contributed by atoms with van der Waals surface area (Å²) in [6.07, 6.45) is 2.49. The molecule has 0 atom stereocenters. The molecule has 23 heavy (non-hydrogen) atoms. The number of imidazole rings is 1. The number of carbonyl (C=O) groups excluding carboxylic acids is 1. The molecule has 0 radical (unpaired) electrons. The zero-order chi connectivity index (χ0) is 16.6. The molecule has 0 unspecified atom stereocenters. The highest BCUT2D eigenvalue weighted by atomic mass is 32.2. The summed E-state index contributed by atoms with van der Waals surface area (Å²) >= 11 is 0. The average Bonchev–Trinajstić information content (AvgIpc) is 3.13. The first-order valence-corrected chi connectivity index (χ1v) is 8.48. The first-order valence-electron chi connectivity index (χ1n) is 7.04. The van der Waals surface area contributed by atoms with Gasteiger partial charge in [0.15, 0.2) is 0 Å². The molecule has 1 aromatic heterocycles. The maximum Gasteiger partial charge on any atom is 0.414 e. The van der Waals surface area contributed by atoms with E-state index in [-0.39, 0.29) is 11.5 Å². The lowest BCUT2D eigenvalue weighted by atomic mass is 10.2. The number of benzene rings is 1. The Bertz CT molecular complexity index is 912. The fourth-order valence-electron chi connectivity index (χ4n) is 2.54. The van der Waals surface area contributed by atoms with Gasteiger partial charge >= 0.3 is 11.8 Å². The first kappa shape index (κ1) is 15.3. The maximum atomic E-state index is 12.5. The van der Waals surface area contributed by atoms with Gasteiger partial charge in [0, 0.05) is 18.9 Å². The third kappa shape index (κ3) is 2.52. The minimum Gasteiger partial charge on any atom is -0.449 e. The summed E-state index contributed by atoms with van der Waals surface area (Å²) in [5.74, 6) is 0. The Morgan fingerprint density at radius 2 is 2.17 bits per heavy atom. The van der Waals surface area contributed by atoms with Crippen LogP contribution in [0.3, 0.4) is 0 Å². The van der Waals surface area contributed by atoms with Crippen LogP contribution < -0.4 is 10.6 Å². The van der Waals surface area contributed by atoms with E-state index in [4.69, 9.17) is 4.74 Å². The Morgan fingerprint density at radius 3 is 2.83 bits per heavy atom. The molecule has 1 N–H and O–H groups in total.